The molecular weight excluding hydrogens is 286 g/mol. The van der Waals surface area contributed by atoms with E-state index in [1.807, 2.05) is 33.1 Å². The molecule has 0 aromatic carbocycles. The summed E-state index contributed by atoms with van der Waals surface area (Å²) in [5, 5.41) is 5.86. The molecule has 0 bridgehead atoms. The number of hydrogen-bond donors (Lipinski definition) is 1. The summed E-state index contributed by atoms with van der Waals surface area (Å²) in [5.74, 6) is 0.0953. The molecule has 1 saturated heterocycles. The van der Waals surface area contributed by atoms with Crippen LogP contribution in [0.4, 0.5) is 0 Å². The van der Waals surface area contributed by atoms with E-state index in [0.29, 0.717) is 13.0 Å². The van der Waals surface area contributed by atoms with Crippen LogP contribution in [-0.2, 0) is 16.1 Å². The Kier molecular flexibility index (Phi) is 4.98. The second kappa shape index (κ2) is 6.56. The molecular formula is C15H23N3O2S. The van der Waals surface area contributed by atoms with Crippen LogP contribution in [0, 0.1) is 12.8 Å². The molecule has 3 atom stereocenters. The summed E-state index contributed by atoms with van der Waals surface area (Å²) < 4.78 is 0. The second-order valence-electron chi connectivity index (χ2n) is 5.81. The van der Waals surface area contributed by atoms with Crippen LogP contribution in [0.25, 0.3) is 0 Å². The van der Waals surface area contributed by atoms with E-state index in [0.717, 1.165) is 17.1 Å². The zero-order chi connectivity index (χ0) is 15.6. The summed E-state index contributed by atoms with van der Waals surface area (Å²) in [5.41, 5.74) is 0.898. The van der Waals surface area contributed by atoms with Crippen molar-refractivity contribution in [2.45, 2.75) is 59.2 Å². The first kappa shape index (κ1) is 15.9. The molecule has 116 valence electrons. The van der Waals surface area contributed by atoms with E-state index in [1.165, 1.54) is 0 Å². The third kappa shape index (κ3) is 3.61. The van der Waals surface area contributed by atoms with Gasteiger partial charge in [0.25, 0.3) is 0 Å². The minimum absolute atomic E-state index is 0.00773. The lowest BCUT2D eigenvalue weighted by Crippen LogP contribution is -2.49. The Hall–Kier alpha value is -1.43. The van der Waals surface area contributed by atoms with Gasteiger partial charge in [-0.2, -0.15) is 0 Å². The van der Waals surface area contributed by atoms with Gasteiger partial charge in [-0.1, -0.05) is 20.3 Å². The Labute approximate surface area is 129 Å². The molecule has 2 heterocycles. The van der Waals surface area contributed by atoms with E-state index in [9.17, 15) is 9.59 Å². The number of rotatable bonds is 4. The van der Waals surface area contributed by atoms with E-state index in [1.54, 1.807) is 16.2 Å². The van der Waals surface area contributed by atoms with Crippen molar-refractivity contribution >= 4 is 23.2 Å². The lowest BCUT2D eigenvalue weighted by atomic mass is 9.98. The van der Waals surface area contributed by atoms with Gasteiger partial charge in [-0.25, -0.2) is 4.98 Å². The van der Waals surface area contributed by atoms with Crippen molar-refractivity contribution < 1.29 is 9.59 Å². The van der Waals surface area contributed by atoms with Crippen molar-refractivity contribution in [1.29, 1.82) is 0 Å². The molecule has 1 aliphatic rings. The van der Waals surface area contributed by atoms with Gasteiger partial charge in [0.15, 0.2) is 0 Å². The molecule has 21 heavy (non-hydrogen) atoms. The zero-order valence-corrected chi connectivity index (χ0v) is 13.9. The average Bonchev–Trinajstić information content (AvgIpc) is 2.81. The van der Waals surface area contributed by atoms with Crippen LogP contribution in [0.15, 0.2) is 5.38 Å². The monoisotopic (exact) mass is 309 g/mol. The van der Waals surface area contributed by atoms with Crippen molar-refractivity contribution in [1.82, 2.24) is 15.2 Å². The van der Waals surface area contributed by atoms with Crippen LogP contribution in [0.5, 0.6) is 0 Å². The standard InChI is InChI=1S/C15H23N3O2S/c1-5-9(2)14-15(20)18(10(3)6-13(19)17-14)7-12-8-21-11(4)16-12/h8-10,14H,5-7H2,1-4H3,(H,17,19). The highest BCUT2D eigenvalue weighted by atomic mass is 32.1. The van der Waals surface area contributed by atoms with Gasteiger partial charge in [-0.05, 0) is 19.8 Å². The predicted molar refractivity (Wildman–Crippen MR) is 82.9 cm³/mol. The van der Waals surface area contributed by atoms with Crippen molar-refractivity contribution in [3.05, 3.63) is 16.1 Å². The molecule has 6 heteroatoms. The van der Waals surface area contributed by atoms with E-state index >= 15 is 0 Å². The number of carbonyl (C=O) groups excluding carboxylic acids is 2. The number of nitrogens with one attached hydrogen (secondary N) is 1. The number of carbonyl (C=O) groups is 2. The van der Waals surface area contributed by atoms with Crippen LogP contribution in [0.3, 0.4) is 0 Å². The Morgan fingerprint density at radius 1 is 1.52 bits per heavy atom. The molecule has 5 nitrogen and oxygen atoms in total. The molecule has 0 saturated carbocycles. The van der Waals surface area contributed by atoms with Gasteiger partial charge in [0.1, 0.15) is 6.04 Å². The largest absolute Gasteiger partial charge is 0.344 e. The Balaban J connectivity index is 2.23. The van der Waals surface area contributed by atoms with Crippen LogP contribution in [0.1, 0.15) is 44.3 Å². The third-order valence-corrected chi connectivity index (χ3v) is 4.91. The van der Waals surface area contributed by atoms with Crippen LogP contribution < -0.4 is 5.32 Å². The zero-order valence-electron chi connectivity index (χ0n) is 13.0. The van der Waals surface area contributed by atoms with E-state index in [-0.39, 0.29) is 23.8 Å². The fraction of sp³-hybridized carbons (Fsp3) is 0.667. The smallest absolute Gasteiger partial charge is 0.246 e. The number of thiazole rings is 1. The molecule has 2 rings (SSSR count). The van der Waals surface area contributed by atoms with Gasteiger partial charge in [0.05, 0.1) is 17.2 Å². The first-order valence-electron chi connectivity index (χ1n) is 7.43. The van der Waals surface area contributed by atoms with Crippen LogP contribution >= 0.6 is 11.3 Å². The Morgan fingerprint density at radius 2 is 2.24 bits per heavy atom. The fourth-order valence-electron chi connectivity index (χ4n) is 2.58. The van der Waals surface area contributed by atoms with Gasteiger partial charge in [-0.3, -0.25) is 9.59 Å². The lowest BCUT2D eigenvalue weighted by Gasteiger charge is -2.30. The number of aryl methyl sites for hydroxylation is 1. The first-order chi connectivity index (χ1) is 9.92. The molecule has 1 aromatic heterocycles. The van der Waals surface area contributed by atoms with Crippen LogP contribution in [0.2, 0.25) is 0 Å². The molecule has 1 aromatic rings. The maximum absolute atomic E-state index is 12.8. The summed E-state index contributed by atoms with van der Waals surface area (Å²) in [6, 6.07) is -0.527. The highest BCUT2D eigenvalue weighted by Crippen LogP contribution is 2.21. The molecule has 0 radical (unpaired) electrons. The molecule has 1 aliphatic heterocycles. The minimum atomic E-state index is -0.424. The van der Waals surface area contributed by atoms with Gasteiger partial charge < -0.3 is 10.2 Å². The number of nitrogens with zero attached hydrogens (tertiary/aromatic N) is 2. The molecule has 0 spiro atoms. The fourth-order valence-corrected chi connectivity index (χ4v) is 3.18. The first-order valence-corrected chi connectivity index (χ1v) is 8.31. The number of aromatic nitrogens is 1. The van der Waals surface area contributed by atoms with E-state index in [2.05, 4.69) is 10.3 Å². The maximum atomic E-state index is 12.8. The maximum Gasteiger partial charge on any atom is 0.246 e. The lowest BCUT2D eigenvalue weighted by molar-refractivity contribution is -0.136. The highest BCUT2D eigenvalue weighted by Gasteiger charge is 2.36. The third-order valence-electron chi connectivity index (χ3n) is 4.09. The number of hydrogen-bond acceptors (Lipinski definition) is 4. The molecule has 3 unspecified atom stereocenters. The van der Waals surface area contributed by atoms with E-state index in [4.69, 9.17) is 0 Å². The molecule has 0 aliphatic carbocycles. The summed E-state index contributed by atoms with van der Waals surface area (Å²) >= 11 is 1.58. The summed E-state index contributed by atoms with van der Waals surface area (Å²) in [7, 11) is 0. The SMILES string of the molecule is CCC(C)C1NC(=O)CC(C)N(Cc2csc(C)n2)C1=O. The predicted octanol–water partition coefficient (Wildman–Crippen LogP) is 2.10. The van der Waals surface area contributed by atoms with Crippen molar-refractivity contribution in [2.75, 3.05) is 0 Å². The van der Waals surface area contributed by atoms with Gasteiger partial charge in [0, 0.05) is 17.8 Å². The van der Waals surface area contributed by atoms with Gasteiger partial charge in [-0.15, -0.1) is 11.3 Å². The highest BCUT2D eigenvalue weighted by molar-refractivity contribution is 7.09. The normalized spacial score (nSPS) is 24.7. The van der Waals surface area contributed by atoms with Crippen molar-refractivity contribution in [3.8, 4) is 0 Å². The summed E-state index contributed by atoms with van der Waals surface area (Å²) in [6.45, 7) is 8.40. The molecule has 2 amide bonds. The molecule has 1 fully saturated rings. The Morgan fingerprint density at radius 3 is 2.81 bits per heavy atom. The molecule has 1 N–H and O–H groups in total. The van der Waals surface area contributed by atoms with Gasteiger partial charge in [0.2, 0.25) is 11.8 Å². The topological polar surface area (TPSA) is 62.3 Å². The second-order valence-corrected chi connectivity index (χ2v) is 6.87. The van der Waals surface area contributed by atoms with Crippen LogP contribution in [-0.4, -0.2) is 33.8 Å². The average molecular weight is 309 g/mol. The summed E-state index contributed by atoms with van der Waals surface area (Å²) in [4.78, 5) is 31.0. The summed E-state index contributed by atoms with van der Waals surface area (Å²) in [6.07, 6.45) is 1.20. The minimum Gasteiger partial charge on any atom is -0.344 e. The van der Waals surface area contributed by atoms with E-state index < -0.39 is 6.04 Å². The quantitative estimate of drug-likeness (QED) is 0.926. The van der Waals surface area contributed by atoms with Gasteiger partial charge >= 0.3 is 0 Å². The Bertz CT molecular complexity index is 529. The number of amides is 2. The van der Waals surface area contributed by atoms with Crippen molar-refractivity contribution in [2.24, 2.45) is 5.92 Å². The van der Waals surface area contributed by atoms with Crippen molar-refractivity contribution in [3.63, 3.8) is 0 Å².